The fraction of sp³-hybridized carbons (Fsp3) is 0.0556. The highest BCUT2D eigenvalue weighted by molar-refractivity contribution is 7.98. The smallest absolute Gasteiger partial charge is 0.195 e. The van der Waals surface area contributed by atoms with E-state index >= 15 is 0 Å². The molecule has 0 saturated carbocycles. The summed E-state index contributed by atoms with van der Waals surface area (Å²) in [6.07, 6.45) is 1.73. The fourth-order valence-corrected chi connectivity index (χ4v) is 4.20. The molecular formula is C18H13ClN4S2. The summed E-state index contributed by atoms with van der Waals surface area (Å²) in [6.45, 7) is 0. The lowest BCUT2D eigenvalue weighted by molar-refractivity contribution is 0.883. The molecule has 0 aliphatic heterocycles. The maximum absolute atomic E-state index is 5.94. The third kappa shape index (κ3) is 3.76. The third-order valence-corrected chi connectivity index (χ3v) is 5.71. The van der Waals surface area contributed by atoms with E-state index in [-0.39, 0.29) is 0 Å². The normalized spacial score (nSPS) is 10.9. The minimum atomic E-state index is 0.733. The molecule has 2 aromatic heterocycles. The molecule has 0 atom stereocenters. The second kappa shape index (κ2) is 7.39. The Bertz CT molecular complexity index is 964. The number of thioether (sulfide) groups is 1. The van der Waals surface area contributed by atoms with Crippen LogP contribution in [0.5, 0.6) is 0 Å². The fourth-order valence-electron chi connectivity index (χ4n) is 2.33. The molecule has 0 fully saturated rings. The van der Waals surface area contributed by atoms with Crippen molar-refractivity contribution >= 4 is 34.7 Å². The summed E-state index contributed by atoms with van der Waals surface area (Å²) in [5.74, 6) is 0.746. The number of hydrogen-bond donors (Lipinski definition) is 0. The lowest BCUT2D eigenvalue weighted by Crippen LogP contribution is -1.94. The van der Waals surface area contributed by atoms with Crippen molar-refractivity contribution in [1.82, 2.24) is 19.7 Å². The lowest BCUT2D eigenvalue weighted by Gasteiger charge is -2.04. The van der Waals surface area contributed by atoms with Gasteiger partial charge in [-0.15, -0.1) is 21.5 Å². The molecule has 4 aromatic rings. The molecule has 0 N–H and O–H groups in total. The van der Waals surface area contributed by atoms with Crippen LogP contribution in [0.3, 0.4) is 0 Å². The maximum atomic E-state index is 5.94. The molecule has 0 spiro atoms. The predicted molar refractivity (Wildman–Crippen MR) is 103 cm³/mol. The minimum absolute atomic E-state index is 0.733. The number of hydrogen-bond acceptors (Lipinski definition) is 5. The van der Waals surface area contributed by atoms with Gasteiger partial charge in [-0.05, 0) is 24.3 Å². The molecule has 4 nitrogen and oxygen atoms in total. The monoisotopic (exact) mass is 384 g/mol. The van der Waals surface area contributed by atoms with Gasteiger partial charge in [0.05, 0.1) is 5.69 Å². The first-order valence-electron chi connectivity index (χ1n) is 7.58. The van der Waals surface area contributed by atoms with Crippen LogP contribution in [0.15, 0.2) is 71.5 Å². The average molecular weight is 385 g/mol. The zero-order valence-electron chi connectivity index (χ0n) is 13.0. The molecule has 0 amide bonds. The van der Waals surface area contributed by atoms with Crippen LogP contribution in [0.2, 0.25) is 5.02 Å². The van der Waals surface area contributed by atoms with Crippen molar-refractivity contribution in [2.24, 2.45) is 0 Å². The van der Waals surface area contributed by atoms with Crippen LogP contribution in [0, 0.1) is 0 Å². The van der Waals surface area contributed by atoms with Gasteiger partial charge in [0.2, 0.25) is 0 Å². The Balaban J connectivity index is 1.48. The molecule has 7 heteroatoms. The van der Waals surface area contributed by atoms with Gasteiger partial charge in [0, 0.05) is 27.4 Å². The molecule has 25 heavy (non-hydrogen) atoms. The van der Waals surface area contributed by atoms with E-state index < -0.39 is 0 Å². The molecule has 0 aliphatic carbocycles. The second-order valence-corrected chi connectivity index (χ2v) is 7.50. The summed E-state index contributed by atoms with van der Waals surface area (Å²) >= 11 is 9.20. The quantitative estimate of drug-likeness (QED) is 0.436. The van der Waals surface area contributed by atoms with Crippen LogP contribution in [0.4, 0.5) is 0 Å². The van der Waals surface area contributed by atoms with Crippen molar-refractivity contribution < 1.29 is 0 Å². The van der Waals surface area contributed by atoms with E-state index in [1.54, 1.807) is 29.4 Å². The number of aromatic nitrogens is 4. The van der Waals surface area contributed by atoms with Crippen LogP contribution in [0.25, 0.3) is 16.3 Å². The first-order valence-corrected chi connectivity index (χ1v) is 9.82. The minimum Gasteiger partial charge on any atom is -0.277 e. The van der Waals surface area contributed by atoms with Gasteiger partial charge < -0.3 is 0 Å². The molecule has 2 heterocycles. The molecule has 0 radical (unpaired) electrons. The van der Waals surface area contributed by atoms with E-state index in [0.717, 1.165) is 37.9 Å². The van der Waals surface area contributed by atoms with Gasteiger partial charge in [0.25, 0.3) is 0 Å². The number of halogens is 1. The Labute approximate surface area is 158 Å². The second-order valence-electron chi connectivity index (χ2n) is 5.26. The van der Waals surface area contributed by atoms with E-state index in [2.05, 4.69) is 15.6 Å². The SMILES string of the molecule is Clc1ccc(-c2nc(CSc3nncn3-c3ccccc3)cs2)cc1. The van der Waals surface area contributed by atoms with Gasteiger partial charge in [-0.2, -0.15) is 0 Å². The van der Waals surface area contributed by atoms with Crippen LogP contribution in [0.1, 0.15) is 5.69 Å². The number of benzene rings is 2. The average Bonchev–Trinajstić information content (AvgIpc) is 3.31. The van der Waals surface area contributed by atoms with E-state index in [9.17, 15) is 0 Å². The van der Waals surface area contributed by atoms with Crippen molar-refractivity contribution in [3.63, 3.8) is 0 Å². The summed E-state index contributed by atoms with van der Waals surface area (Å²) in [4.78, 5) is 4.71. The van der Waals surface area contributed by atoms with E-state index in [0.29, 0.717) is 0 Å². The van der Waals surface area contributed by atoms with Crippen molar-refractivity contribution in [3.05, 3.63) is 77.0 Å². The van der Waals surface area contributed by atoms with Gasteiger partial charge in [0.15, 0.2) is 5.16 Å². The number of thiazole rings is 1. The number of para-hydroxylation sites is 1. The molecule has 0 unspecified atom stereocenters. The summed E-state index contributed by atoms with van der Waals surface area (Å²) in [6, 6.07) is 17.8. The van der Waals surface area contributed by atoms with Crippen LogP contribution < -0.4 is 0 Å². The Morgan fingerprint density at radius 3 is 2.64 bits per heavy atom. The molecule has 0 bridgehead atoms. The number of rotatable bonds is 5. The summed E-state index contributed by atoms with van der Waals surface area (Å²) < 4.78 is 1.98. The third-order valence-electron chi connectivity index (χ3n) is 3.54. The summed E-state index contributed by atoms with van der Waals surface area (Å²) in [7, 11) is 0. The van der Waals surface area contributed by atoms with Gasteiger partial charge in [-0.1, -0.05) is 53.7 Å². The largest absolute Gasteiger partial charge is 0.277 e. The topological polar surface area (TPSA) is 43.6 Å². The Kier molecular flexibility index (Phi) is 4.83. The molecule has 0 saturated heterocycles. The highest BCUT2D eigenvalue weighted by atomic mass is 35.5. The Morgan fingerprint density at radius 1 is 1.04 bits per heavy atom. The standard InChI is InChI=1S/C18H13ClN4S2/c19-14-8-6-13(7-9-14)17-21-15(10-24-17)11-25-18-22-20-12-23(18)16-4-2-1-3-5-16/h1-10,12H,11H2. The highest BCUT2D eigenvalue weighted by Crippen LogP contribution is 2.28. The maximum Gasteiger partial charge on any atom is 0.195 e. The number of nitrogens with zero attached hydrogens (tertiary/aromatic N) is 4. The molecule has 124 valence electrons. The van der Waals surface area contributed by atoms with Crippen molar-refractivity contribution in [1.29, 1.82) is 0 Å². The van der Waals surface area contributed by atoms with Crippen LogP contribution in [-0.2, 0) is 5.75 Å². The summed E-state index contributed by atoms with van der Waals surface area (Å²) in [5, 5.41) is 12.9. The zero-order chi connectivity index (χ0) is 17.1. The van der Waals surface area contributed by atoms with Crippen molar-refractivity contribution in [2.45, 2.75) is 10.9 Å². The Morgan fingerprint density at radius 2 is 1.84 bits per heavy atom. The molecular weight excluding hydrogens is 372 g/mol. The van der Waals surface area contributed by atoms with Crippen molar-refractivity contribution in [2.75, 3.05) is 0 Å². The van der Waals surface area contributed by atoms with Crippen molar-refractivity contribution in [3.8, 4) is 16.3 Å². The first-order chi connectivity index (χ1) is 12.3. The van der Waals surface area contributed by atoms with E-state index in [1.807, 2.05) is 59.2 Å². The summed E-state index contributed by atoms with van der Waals surface area (Å²) in [5.41, 5.74) is 3.16. The van der Waals surface area contributed by atoms with Gasteiger partial charge in [-0.25, -0.2) is 4.98 Å². The Hall–Kier alpha value is -2.15. The first kappa shape index (κ1) is 16.3. The molecule has 4 rings (SSSR count). The van der Waals surface area contributed by atoms with Crippen LogP contribution in [-0.4, -0.2) is 19.7 Å². The molecule has 0 aliphatic rings. The van der Waals surface area contributed by atoms with Gasteiger partial charge in [-0.3, -0.25) is 4.57 Å². The zero-order valence-corrected chi connectivity index (χ0v) is 15.4. The van der Waals surface area contributed by atoms with E-state index in [1.165, 1.54) is 0 Å². The molecule has 2 aromatic carbocycles. The lowest BCUT2D eigenvalue weighted by atomic mass is 10.2. The van der Waals surface area contributed by atoms with Crippen LogP contribution >= 0.6 is 34.7 Å². The predicted octanol–water partition coefficient (Wildman–Crippen LogP) is 5.34. The highest BCUT2D eigenvalue weighted by Gasteiger charge is 2.10. The van der Waals surface area contributed by atoms with E-state index in [4.69, 9.17) is 16.6 Å². The van der Waals surface area contributed by atoms with Gasteiger partial charge >= 0.3 is 0 Å². The van der Waals surface area contributed by atoms with Gasteiger partial charge in [0.1, 0.15) is 11.3 Å².